The molecule has 0 aliphatic rings. The van der Waals surface area contributed by atoms with E-state index in [0.29, 0.717) is 6.54 Å². The Morgan fingerprint density at radius 2 is 1.38 bits per heavy atom. The van der Waals surface area contributed by atoms with Crippen molar-refractivity contribution in [3.63, 3.8) is 0 Å². The van der Waals surface area contributed by atoms with Crippen LogP contribution in [0, 0.1) is 0 Å². The zero-order chi connectivity index (χ0) is 20.0. The number of hydrogen-bond acceptors (Lipinski definition) is 5. The van der Waals surface area contributed by atoms with Crippen molar-refractivity contribution in [2.24, 2.45) is 11.5 Å². The third kappa shape index (κ3) is 16.3. The summed E-state index contributed by atoms with van der Waals surface area (Å²) in [4.78, 5) is 22.5. The predicted octanol–water partition coefficient (Wildman–Crippen LogP) is 3.66. The van der Waals surface area contributed by atoms with Crippen LogP contribution < -0.4 is 16.8 Å². The Balaban J connectivity index is 3.42. The first-order valence-electron chi connectivity index (χ1n) is 10.1. The smallest absolute Gasteiger partial charge is 0.407 e. The van der Waals surface area contributed by atoms with Crippen LogP contribution in [-0.2, 0) is 9.53 Å². The summed E-state index contributed by atoms with van der Waals surface area (Å²) in [5, 5.41) is 2.78. The SMILES string of the molecule is CC(=O)[C@@H](N)CCCCCC(N)CCCCCCNC(=O)OC(C)(C)C. The Hall–Kier alpha value is -1.14. The van der Waals surface area contributed by atoms with E-state index in [1.807, 2.05) is 20.8 Å². The number of alkyl carbamates (subject to hydrolysis) is 1. The molecule has 0 spiro atoms. The predicted molar refractivity (Wildman–Crippen MR) is 107 cm³/mol. The van der Waals surface area contributed by atoms with Crippen molar-refractivity contribution in [1.29, 1.82) is 0 Å². The number of hydrogen-bond donors (Lipinski definition) is 3. The molecule has 0 bridgehead atoms. The van der Waals surface area contributed by atoms with Gasteiger partial charge >= 0.3 is 6.09 Å². The number of ether oxygens (including phenoxy) is 1. The maximum absolute atomic E-state index is 11.5. The summed E-state index contributed by atoms with van der Waals surface area (Å²) >= 11 is 0. The fraction of sp³-hybridized carbons (Fsp3) is 0.900. The molecule has 6 heteroatoms. The van der Waals surface area contributed by atoms with Crippen molar-refractivity contribution in [1.82, 2.24) is 5.32 Å². The molecule has 0 aliphatic carbocycles. The van der Waals surface area contributed by atoms with Crippen LogP contribution in [0.4, 0.5) is 4.79 Å². The third-order valence-corrected chi connectivity index (χ3v) is 4.28. The Labute approximate surface area is 159 Å². The number of carbonyl (C=O) groups excluding carboxylic acids is 2. The van der Waals surface area contributed by atoms with Crippen molar-refractivity contribution in [3.05, 3.63) is 0 Å². The van der Waals surface area contributed by atoms with Crippen LogP contribution in [0.3, 0.4) is 0 Å². The van der Waals surface area contributed by atoms with Crippen LogP contribution in [0.1, 0.15) is 91.9 Å². The van der Waals surface area contributed by atoms with E-state index in [-0.39, 0.29) is 24.0 Å². The normalized spacial score (nSPS) is 13.9. The zero-order valence-corrected chi connectivity index (χ0v) is 17.3. The van der Waals surface area contributed by atoms with Gasteiger partial charge in [0.05, 0.1) is 6.04 Å². The van der Waals surface area contributed by atoms with E-state index in [4.69, 9.17) is 16.2 Å². The molecule has 0 saturated heterocycles. The van der Waals surface area contributed by atoms with Gasteiger partial charge in [0, 0.05) is 12.6 Å². The second kappa shape index (κ2) is 14.0. The third-order valence-electron chi connectivity index (χ3n) is 4.28. The number of nitrogens with two attached hydrogens (primary N) is 2. The molecular formula is C20H41N3O3. The standard InChI is InChI=1S/C20H41N3O3/c1-16(24)18(22)14-10-7-9-13-17(21)12-8-5-6-11-15-23-19(25)26-20(2,3)4/h17-18H,5-15,21-22H2,1-4H3,(H,23,25)/t17?,18-/m0/s1. The number of ketones is 1. The monoisotopic (exact) mass is 371 g/mol. The molecule has 0 rings (SSSR count). The van der Waals surface area contributed by atoms with Crippen LogP contribution in [-0.4, -0.2) is 36.1 Å². The molecule has 0 aromatic rings. The van der Waals surface area contributed by atoms with E-state index < -0.39 is 5.60 Å². The molecule has 5 N–H and O–H groups in total. The average molecular weight is 372 g/mol. The van der Waals surface area contributed by atoms with Crippen LogP contribution in [0.15, 0.2) is 0 Å². The first kappa shape index (κ1) is 24.9. The van der Waals surface area contributed by atoms with Crippen LogP contribution in [0.25, 0.3) is 0 Å². The summed E-state index contributed by atoms with van der Waals surface area (Å²) in [5.41, 5.74) is 11.4. The molecule has 1 amide bonds. The molecule has 154 valence electrons. The van der Waals surface area contributed by atoms with E-state index >= 15 is 0 Å². The second-order valence-electron chi connectivity index (χ2n) is 8.25. The number of rotatable bonds is 14. The van der Waals surface area contributed by atoms with Gasteiger partial charge in [0.15, 0.2) is 0 Å². The molecular weight excluding hydrogens is 330 g/mol. The molecule has 0 aromatic carbocycles. The highest BCUT2D eigenvalue weighted by Gasteiger charge is 2.15. The Morgan fingerprint density at radius 3 is 1.92 bits per heavy atom. The minimum atomic E-state index is -0.445. The van der Waals surface area contributed by atoms with E-state index in [1.165, 1.54) is 0 Å². The van der Waals surface area contributed by atoms with Gasteiger partial charge < -0.3 is 21.5 Å². The summed E-state index contributed by atoms with van der Waals surface area (Å²) in [6.45, 7) is 7.78. The lowest BCUT2D eigenvalue weighted by Crippen LogP contribution is -2.32. The van der Waals surface area contributed by atoms with Crippen LogP contribution >= 0.6 is 0 Å². The summed E-state index contributed by atoms with van der Waals surface area (Å²) in [5.74, 6) is 0.0722. The van der Waals surface area contributed by atoms with Crippen molar-refractivity contribution in [3.8, 4) is 0 Å². The van der Waals surface area contributed by atoms with Gasteiger partial charge in [-0.3, -0.25) is 4.79 Å². The molecule has 1 unspecified atom stereocenters. The van der Waals surface area contributed by atoms with Gasteiger partial charge in [-0.1, -0.05) is 38.5 Å². The molecule has 0 aliphatic heterocycles. The topological polar surface area (TPSA) is 107 Å². The summed E-state index contributed by atoms with van der Waals surface area (Å²) in [6, 6.07) is -0.0372. The summed E-state index contributed by atoms with van der Waals surface area (Å²) < 4.78 is 5.19. The molecule has 0 heterocycles. The molecule has 6 nitrogen and oxygen atoms in total. The zero-order valence-electron chi connectivity index (χ0n) is 17.3. The van der Waals surface area contributed by atoms with E-state index in [9.17, 15) is 9.59 Å². The lowest BCUT2D eigenvalue weighted by Gasteiger charge is -2.19. The van der Waals surface area contributed by atoms with Crippen LogP contribution in [0.5, 0.6) is 0 Å². The quantitative estimate of drug-likeness (QED) is 0.404. The van der Waals surface area contributed by atoms with Gasteiger partial charge in [-0.15, -0.1) is 0 Å². The maximum atomic E-state index is 11.5. The molecule has 26 heavy (non-hydrogen) atoms. The minimum absolute atomic E-state index is 0.0722. The largest absolute Gasteiger partial charge is 0.444 e. The minimum Gasteiger partial charge on any atom is -0.444 e. The highest BCUT2D eigenvalue weighted by atomic mass is 16.6. The van der Waals surface area contributed by atoms with Crippen molar-refractivity contribution < 1.29 is 14.3 Å². The Morgan fingerprint density at radius 1 is 0.885 bits per heavy atom. The van der Waals surface area contributed by atoms with Crippen molar-refractivity contribution in [2.75, 3.05) is 6.54 Å². The lowest BCUT2D eigenvalue weighted by atomic mass is 10.0. The second-order valence-corrected chi connectivity index (χ2v) is 8.25. The summed E-state index contributed by atoms with van der Waals surface area (Å²) in [7, 11) is 0. The van der Waals surface area contributed by atoms with E-state index in [2.05, 4.69) is 5.32 Å². The first-order chi connectivity index (χ1) is 12.1. The number of Topliss-reactive ketones (excluding diaryl/α,β-unsaturated/α-hetero) is 1. The Bertz CT molecular complexity index is 394. The van der Waals surface area contributed by atoms with E-state index in [1.54, 1.807) is 6.92 Å². The fourth-order valence-corrected chi connectivity index (χ4v) is 2.68. The lowest BCUT2D eigenvalue weighted by molar-refractivity contribution is -0.118. The molecule has 2 atom stereocenters. The molecule has 0 fully saturated rings. The maximum Gasteiger partial charge on any atom is 0.407 e. The van der Waals surface area contributed by atoms with Crippen molar-refractivity contribution >= 4 is 11.9 Å². The highest BCUT2D eigenvalue weighted by Crippen LogP contribution is 2.12. The molecule has 0 saturated carbocycles. The van der Waals surface area contributed by atoms with Gasteiger partial charge in [0.25, 0.3) is 0 Å². The summed E-state index contributed by atoms with van der Waals surface area (Å²) in [6.07, 6.45) is 10.0. The van der Waals surface area contributed by atoms with Gasteiger partial charge in [0.1, 0.15) is 11.4 Å². The first-order valence-corrected chi connectivity index (χ1v) is 10.1. The number of carbonyl (C=O) groups is 2. The number of unbranched alkanes of at least 4 members (excludes halogenated alkanes) is 5. The van der Waals surface area contributed by atoms with Gasteiger partial charge in [0.2, 0.25) is 0 Å². The van der Waals surface area contributed by atoms with Crippen LogP contribution in [0.2, 0.25) is 0 Å². The van der Waals surface area contributed by atoms with Gasteiger partial charge in [-0.05, 0) is 53.4 Å². The van der Waals surface area contributed by atoms with Gasteiger partial charge in [-0.2, -0.15) is 0 Å². The molecule has 0 aromatic heterocycles. The fourth-order valence-electron chi connectivity index (χ4n) is 2.68. The van der Waals surface area contributed by atoms with Gasteiger partial charge in [-0.25, -0.2) is 4.79 Å². The van der Waals surface area contributed by atoms with E-state index in [0.717, 1.165) is 64.2 Å². The highest BCUT2D eigenvalue weighted by molar-refractivity contribution is 5.81. The number of nitrogens with one attached hydrogen (secondary N) is 1. The average Bonchev–Trinajstić information content (AvgIpc) is 2.51. The Kier molecular flexibility index (Phi) is 13.4. The number of amides is 1. The van der Waals surface area contributed by atoms with Crippen molar-refractivity contribution in [2.45, 2.75) is 110 Å². The molecule has 0 radical (unpaired) electrons.